The number of hydrogen-bond donors (Lipinski definition) is 2. The Balaban J connectivity index is 2.17. The molecule has 98 valence electrons. The van der Waals surface area contributed by atoms with Crippen molar-refractivity contribution in [1.82, 2.24) is 9.97 Å². The van der Waals surface area contributed by atoms with Crippen molar-refractivity contribution >= 4 is 26.8 Å². The third kappa shape index (κ3) is 3.19. The molecule has 1 atom stereocenters. The van der Waals surface area contributed by atoms with Crippen LogP contribution in [0.4, 0.5) is 10.3 Å². The fourth-order valence-corrected chi connectivity index (χ4v) is 2.77. The Labute approximate surface area is 104 Å². The van der Waals surface area contributed by atoms with E-state index in [0.717, 1.165) is 0 Å². The lowest BCUT2D eigenvalue weighted by molar-refractivity contribution is 0.598. The van der Waals surface area contributed by atoms with Gasteiger partial charge in [-0.3, -0.25) is 0 Å². The van der Waals surface area contributed by atoms with Crippen LogP contribution in [-0.4, -0.2) is 36.4 Å². The van der Waals surface area contributed by atoms with Gasteiger partial charge >= 0.3 is 0 Å². The average Bonchev–Trinajstić information content (AvgIpc) is 2.55. The number of H-pyrrole nitrogens is 1. The molecule has 1 aromatic carbocycles. The highest BCUT2D eigenvalue weighted by molar-refractivity contribution is 7.90. The van der Waals surface area contributed by atoms with Crippen LogP contribution in [0, 0.1) is 5.82 Å². The SMILES string of the molecule is CC(CS(C)(=O)=O)Nc1nc2ccc(F)cc2[nH]1. The number of sulfone groups is 1. The average molecular weight is 271 g/mol. The van der Waals surface area contributed by atoms with Crippen molar-refractivity contribution in [3.05, 3.63) is 24.0 Å². The van der Waals surface area contributed by atoms with Gasteiger partial charge in [0, 0.05) is 12.3 Å². The number of aromatic amines is 1. The molecule has 0 aliphatic rings. The topological polar surface area (TPSA) is 74.8 Å². The number of anilines is 1. The van der Waals surface area contributed by atoms with Crippen molar-refractivity contribution in [2.75, 3.05) is 17.3 Å². The molecule has 18 heavy (non-hydrogen) atoms. The van der Waals surface area contributed by atoms with Gasteiger partial charge in [-0.05, 0) is 25.1 Å². The van der Waals surface area contributed by atoms with E-state index in [0.29, 0.717) is 17.0 Å². The van der Waals surface area contributed by atoms with E-state index in [1.807, 2.05) is 0 Å². The van der Waals surface area contributed by atoms with Crippen LogP contribution in [0.2, 0.25) is 0 Å². The first-order valence-corrected chi connectivity index (χ1v) is 7.49. The normalized spacial score (nSPS) is 13.7. The van der Waals surface area contributed by atoms with Crippen LogP contribution in [0.1, 0.15) is 6.92 Å². The predicted octanol–water partition coefficient (Wildman–Crippen LogP) is 1.55. The van der Waals surface area contributed by atoms with Crippen molar-refractivity contribution in [2.45, 2.75) is 13.0 Å². The van der Waals surface area contributed by atoms with Crippen LogP contribution < -0.4 is 5.32 Å². The van der Waals surface area contributed by atoms with E-state index in [4.69, 9.17) is 0 Å². The zero-order valence-corrected chi connectivity index (χ0v) is 10.9. The number of hydrogen-bond acceptors (Lipinski definition) is 4. The summed E-state index contributed by atoms with van der Waals surface area (Å²) >= 11 is 0. The van der Waals surface area contributed by atoms with E-state index in [-0.39, 0.29) is 17.6 Å². The lowest BCUT2D eigenvalue weighted by Crippen LogP contribution is -2.25. The van der Waals surface area contributed by atoms with Gasteiger partial charge in [0.25, 0.3) is 0 Å². The fraction of sp³-hybridized carbons (Fsp3) is 0.364. The minimum absolute atomic E-state index is 0.0123. The van der Waals surface area contributed by atoms with Crippen LogP contribution >= 0.6 is 0 Å². The van der Waals surface area contributed by atoms with Gasteiger partial charge in [-0.25, -0.2) is 17.8 Å². The molecule has 2 N–H and O–H groups in total. The summed E-state index contributed by atoms with van der Waals surface area (Å²) in [7, 11) is -3.04. The van der Waals surface area contributed by atoms with Crippen molar-refractivity contribution in [3.8, 4) is 0 Å². The fourth-order valence-electron chi connectivity index (χ4n) is 1.78. The van der Waals surface area contributed by atoms with Crippen LogP contribution in [-0.2, 0) is 9.84 Å². The second-order valence-corrected chi connectivity index (χ2v) is 6.57. The number of aromatic nitrogens is 2. The molecule has 5 nitrogen and oxygen atoms in total. The second-order valence-electron chi connectivity index (χ2n) is 4.38. The van der Waals surface area contributed by atoms with E-state index in [9.17, 15) is 12.8 Å². The van der Waals surface area contributed by atoms with E-state index >= 15 is 0 Å². The monoisotopic (exact) mass is 271 g/mol. The Kier molecular flexibility index (Phi) is 3.25. The Bertz CT molecular complexity index is 666. The van der Waals surface area contributed by atoms with Crippen LogP contribution in [0.3, 0.4) is 0 Å². The number of nitrogens with one attached hydrogen (secondary N) is 2. The molecule has 0 spiro atoms. The Morgan fingerprint density at radius 1 is 1.50 bits per heavy atom. The highest BCUT2D eigenvalue weighted by Gasteiger charge is 2.12. The molecule has 0 bridgehead atoms. The molecule has 0 aliphatic carbocycles. The van der Waals surface area contributed by atoms with Crippen LogP contribution in [0.15, 0.2) is 18.2 Å². The van der Waals surface area contributed by atoms with Gasteiger partial charge in [-0.15, -0.1) is 0 Å². The standard InChI is InChI=1S/C11H14FN3O2S/c1-7(6-18(2,16)17)13-11-14-9-4-3-8(12)5-10(9)15-11/h3-5,7H,6H2,1-2H3,(H2,13,14,15). The molecule has 2 aromatic rings. The molecule has 0 aliphatic heterocycles. The van der Waals surface area contributed by atoms with Crippen molar-refractivity contribution in [2.24, 2.45) is 0 Å². The lowest BCUT2D eigenvalue weighted by atomic mass is 10.3. The van der Waals surface area contributed by atoms with Gasteiger partial charge in [0.05, 0.1) is 16.8 Å². The molecule has 1 heterocycles. The molecule has 0 saturated heterocycles. The quantitative estimate of drug-likeness (QED) is 0.884. The largest absolute Gasteiger partial charge is 0.352 e. The highest BCUT2D eigenvalue weighted by Crippen LogP contribution is 2.16. The minimum atomic E-state index is -3.04. The van der Waals surface area contributed by atoms with E-state index in [2.05, 4.69) is 15.3 Å². The summed E-state index contributed by atoms with van der Waals surface area (Å²) in [6, 6.07) is 3.96. The predicted molar refractivity (Wildman–Crippen MR) is 68.8 cm³/mol. The molecule has 0 fully saturated rings. The van der Waals surface area contributed by atoms with Gasteiger partial charge in [-0.1, -0.05) is 0 Å². The first-order chi connectivity index (χ1) is 8.33. The third-order valence-corrected chi connectivity index (χ3v) is 3.49. The Morgan fingerprint density at radius 3 is 2.89 bits per heavy atom. The maximum absolute atomic E-state index is 13.0. The van der Waals surface area contributed by atoms with Crippen LogP contribution in [0.25, 0.3) is 11.0 Å². The number of nitrogens with zero attached hydrogens (tertiary/aromatic N) is 1. The zero-order valence-electron chi connectivity index (χ0n) is 10.1. The molecule has 0 saturated carbocycles. The summed E-state index contributed by atoms with van der Waals surface area (Å²) in [6.45, 7) is 1.74. The first-order valence-electron chi connectivity index (χ1n) is 5.43. The Morgan fingerprint density at radius 2 is 2.22 bits per heavy atom. The number of halogens is 1. The Hall–Kier alpha value is -1.63. The summed E-state index contributed by atoms with van der Waals surface area (Å²) < 4.78 is 35.2. The number of fused-ring (bicyclic) bond motifs is 1. The van der Waals surface area contributed by atoms with Gasteiger partial charge in [0.1, 0.15) is 15.7 Å². The first kappa shape index (κ1) is 12.8. The van der Waals surface area contributed by atoms with Gasteiger partial charge in [0.15, 0.2) is 0 Å². The summed E-state index contributed by atoms with van der Waals surface area (Å²) in [5.74, 6) is 0.104. The molecule has 7 heteroatoms. The van der Waals surface area contributed by atoms with Crippen molar-refractivity contribution in [3.63, 3.8) is 0 Å². The maximum atomic E-state index is 13.0. The second kappa shape index (κ2) is 4.56. The highest BCUT2D eigenvalue weighted by atomic mass is 32.2. The van der Waals surface area contributed by atoms with Crippen LogP contribution in [0.5, 0.6) is 0 Å². The van der Waals surface area contributed by atoms with Crippen molar-refractivity contribution in [1.29, 1.82) is 0 Å². The molecular weight excluding hydrogens is 257 g/mol. The minimum Gasteiger partial charge on any atom is -0.352 e. The lowest BCUT2D eigenvalue weighted by Gasteiger charge is -2.10. The van der Waals surface area contributed by atoms with Gasteiger partial charge in [-0.2, -0.15) is 0 Å². The van der Waals surface area contributed by atoms with E-state index < -0.39 is 9.84 Å². The molecule has 1 aromatic heterocycles. The summed E-state index contributed by atoms with van der Waals surface area (Å²) in [5, 5.41) is 2.94. The summed E-state index contributed by atoms with van der Waals surface area (Å²) in [4.78, 5) is 7.09. The molecule has 0 amide bonds. The smallest absolute Gasteiger partial charge is 0.201 e. The van der Waals surface area contributed by atoms with E-state index in [1.54, 1.807) is 13.0 Å². The zero-order chi connectivity index (χ0) is 13.3. The maximum Gasteiger partial charge on any atom is 0.201 e. The molecule has 1 unspecified atom stereocenters. The number of rotatable bonds is 4. The van der Waals surface area contributed by atoms with E-state index in [1.165, 1.54) is 18.4 Å². The van der Waals surface area contributed by atoms with Gasteiger partial charge in [0.2, 0.25) is 5.95 Å². The summed E-state index contributed by atoms with van der Waals surface area (Å²) in [5.41, 5.74) is 1.20. The molecule has 0 radical (unpaired) electrons. The third-order valence-electron chi connectivity index (χ3n) is 2.38. The van der Waals surface area contributed by atoms with Gasteiger partial charge < -0.3 is 10.3 Å². The van der Waals surface area contributed by atoms with Crippen molar-refractivity contribution < 1.29 is 12.8 Å². The number of benzene rings is 1. The number of imidazole rings is 1. The molecule has 2 rings (SSSR count). The molecular formula is C11H14FN3O2S. The summed E-state index contributed by atoms with van der Waals surface area (Å²) in [6.07, 6.45) is 1.18.